The number of anilines is 2. The Morgan fingerprint density at radius 3 is 2.55 bits per heavy atom. The Kier molecular flexibility index (Phi) is 6.02. The SMILES string of the molecule is COc1ccc(S(=O)(=O)N2CCCc3cc(NC(=O)c4cccc(Br)c4)ccc32)cc1. The molecule has 0 unspecified atom stereocenters. The van der Waals surface area contributed by atoms with Crippen molar-refractivity contribution in [2.45, 2.75) is 17.7 Å². The molecule has 1 aliphatic heterocycles. The lowest BCUT2D eigenvalue weighted by atomic mass is 10.0. The van der Waals surface area contributed by atoms with Gasteiger partial charge in [0.25, 0.3) is 15.9 Å². The minimum absolute atomic E-state index is 0.216. The second-order valence-corrected chi connectivity index (χ2v) is 9.94. The molecule has 0 radical (unpaired) electrons. The molecule has 1 amide bonds. The van der Waals surface area contributed by atoms with Crippen molar-refractivity contribution in [2.75, 3.05) is 23.3 Å². The summed E-state index contributed by atoms with van der Waals surface area (Å²) in [5, 5.41) is 2.89. The molecule has 0 spiro atoms. The van der Waals surface area contributed by atoms with E-state index >= 15 is 0 Å². The number of carbonyl (C=O) groups is 1. The zero-order valence-electron chi connectivity index (χ0n) is 16.8. The van der Waals surface area contributed by atoms with Crippen molar-refractivity contribution >= 4 is 43.2 Å². The summed E-state index contributed by atoms with van der Waals surface area (Å²) < 4.78 is 33.9. The van der Waals surface area contributed by atoms with E-state index in [9.17, 15) is 13.2 Å². The number of nitrogens with zero attached hydrogens (tertiary/aromatic N) is 1. The van der Waals surface area contributed by atoms with Crippen molar-refractivity contribution in [3.05, 3.63) is 82.3 Å². The molecule has 0 aromatic heterocycles. The molecule has 0 saturated carbocycles. The fourth-order valence-electron chi connectivity index (χ4n) is 3.60. The average molecular weight is 501 g/mol. The monoisotopic (exact) mass is 500 g/mol. The Labute approximate surface area is 190 Å². The molecule has 0 fully saturated rings. The van der Waals surface area contributed by atoms with Gasteiger partial charge in [-0.25, -0.2) is 8.42 Å². The smallest absolute Gasteiger partial charge is 0.264 e. The maximum absolute atomic E-state index is 13.2. The van der Waals surface area contributed by atoms with Crippen molar-refractivity contribution in [3.8, 4) is 5.75 Å². The number of benzene rings is 3. The van der Waals surface area contributed by atoms with Crippen LogP contribution in [0.2, 0.25) is 0 Å². The second-order valence-electron chi connectivity index (χ2n) is 7.16. The van der Waals surface area contributed by atoms with Gasteiger partial charge in [0, 0.05) is 22.3 Å². The third-order valence-electron chi connectivity index (χ3n) is 5.15. The largest absolute Gasteiger partial charge is 0.497 e. The molecule has 6 nitrogen and oxygen atoms in total. The topological polar surface area (TPSA) is 75.7 Å². The molecule has 3 aromatic carbocycles. The van der Waals surface area contributed by atoms with Gasteiger partial charge in [0.05, 0.1) is 17.7 Å². The first kappa shape index (κ1) is 21.4. The first-order valence-corrected chi connectivity index (χ1v) is 12.0. The van der Waals surface area contributed by atoms with E-state index in [1.807, 2.05) is 12.1 Å². The lowest BCUT2D eigenvalue weighted by molar-refractivity contribution is 0.102. The molecule has 0 aliphatic carbocycles. The summed E-state index contributed by atoms with van der Waals surface area (Å²) in [6.45, 7) is 0.408. The maximum atomic E-state index is 13.2. The van der Waals surface area contributed by atoms with Crippen LogP contribution in [0.1, 0.15) is 22.3 Å². The number of fused-ring (bicyclic) bond motifs is 1. The van der Waals surface area contributed by atoms with Crippen LogP contribution in [0.5, 0.6) is 5.75 Å². The summed E-state index contributed by atoms with van der Waals surface area (Å²) in [5.41, 5.74) is 2.70. The lowest BCUT2D eigenvalue weighted by Gasteiger charge is -2.31. The average Bonchev–Trinajstić information content (AvgIpc) is 2.78. The number of hydrogen-bond donors (Lipinski definition) is 1. The van der Waals surface area contributed by atoms with E-state index in [1.54, 1.807) is 54.6 Å². The lowest BCUT2D eigenvalue weighted by Crippen LogP contribution is -2.35. The van der Waals surface area contributed by atoms with Gasteiger partial charge in [-0.3, -0.25) is 9.10 Å². The number of sulfonamides is 1. The fraction of sp³-hybridized carbons (Fsp3) is 0.174. The van der Waals surface area contributed by atoms with Crippen molar-refractivity contribution < 1.29 is 17.9 Å². The van der Waals surface area contributed by atoms with Gasteiger partial charge in [-0.1, -0.05) is 22.0 Å². The van der Waals surface area contributed by atoms with Crippen LogP contribution >= 0.6 is 15.9 Å². The summed E-state index contributed by atoms with van der Waals surface area (Å²) >= 11 is 3.37. The molecule has 1 N–H and O–H groups in total. The summed E-state index contributed by atoms with van der Waals surface area (Å²) in [6.07, 6.45) is 1.44. The molecular weight excluding hydrogens is 480 g/mol. The van der Waals surface area contributed by atoms with Crippen LogP contribution in [0.15, 0.2) is 76.1 Å². The standard InChI is InChI=1S/C23H21BrN2O4S/c1-30-20-8-10-21(11-9-20)31(28,29)26-13-3-5-16-15-19(7-12-22(16)26)25-23(27)17-4-2-6-18(24)14-17/h2,4,6-12,14-15H,3,5,13H2,1H3,(H,25,27). The molecule has 1 heterocycles. The molecule has 0 atom stereocenters. The van der Waals surface area contributed by atoms with Crippen molar-refractivity contribution in [1.82, 2.24) is 0 Å². The van der Waals surface area contributed by atoms with Gasteiger partial charge in [-0.05, 0) is 79.1 Å². The molecule has 0 saturated heterocycles. The number of amides is 1. The normalized spacial score (nSPS) is 13.4. The van der Waals surface area contributed by atoms with Crippen LogP contribution < -0.4 is 14.4 Å². The predicted octanol–water partition coefficient (Wildman–Crippen LogP) is 4.85. The van der Waals surface area contributed by atoms with Gasteiger partial charge in [0.15, 0.2) is 0 Å². The van der Waals surface area contributed by atoms with Crippen LogP contribution in [-0.2, 0) is 16.4 Å². The number of aryl methyl sites for hydroxylation is 1. The molecule has 3 aromatic rings. The highest BCUT2D eigenvalue weighted by Crippen LogP contribution is 2.34. The molecular formula is C23H21BrN2O4S. The van der Waals surface area contributed by atoms with E-state index in [0.29, 0.717) is 35.7 Å². The quantitative estimate of drug-likeness (QED) is 0.543. The Morgan fingerprint density at radius 2 is 1.84 bits per heavy atom. The van der Waals surface area contributed by atoms with Gasteiger partial charge in [-0.2, -0.15) is 0 Å². The second kappa shape index (κ2) is 8.72. The van der Waals surface area contributed by atoms with Crippen molar-refractivity contribution in [2.24, 2.45) is 0 Å². The number of methoxy groups -OCH3 is 1. The summed E-state index contributed by atoms with van der Waals surface area (Å²) in [5.74, 6) is 0.378. The molecule has 160 valence electrons. The van der Waals surface area contributed by atoms with Crippen molar-refractivity contribution in [1.29, 1.82) is 0 Å². The van der Waals surface area contributed by atoms with E-state index in [0.717, 1.165) is 16.5 Å². The van der Waals surface area contributed by atoms with E-state index in [4.69, 9.17) is 4.74 Å². The molecule has 4 rings (SSSR count). The van der Waals surface area contributed by atoms with Crippen LogP contribution in [0.25, 0.3) is 0 Å². The molecule has 1 aliphatic rings. The number of carbonyl (C=O) groups excluding carboxylic acids is 1. The van der Waals surface area contributed by atoms with Gasteiger partial charge in [0.1, 0.15) is 5.75 Å². The van der Waals surface area contributed by atoms with Gasteiger partial charge >= 0.3 is 0 Å². The summed E-state index contributed by atoms with van der Waals surface area (Å²) in [7, 11) is -2.16. The molecule has 31 heavy (non-hydrogen) atoms. The highest BCUT2D eigenvalue weighted by molar-refractivity contribution is 9.10. The van der Waals surface area contributed by atoms with E-state index < -0.39 is 10.0 Å². The predicted molar refractivity (Wildman–Crippen MR) is 124 cm³/mol. The Bertz CT molecular complexity index is 1230. The highest BCUT2D eigenvalue weighted by atomic mass is 79.9. The number of rotatable bonds is 5. The van der Waals surface area contributed by atoms with Crippen LogP contribution in [-0.4, -0.2) is 28.0 Å². The number of halogens is 1. The van der Waals surface area contributed by atoms with Crippen LogP contribution in [0.3, 0.4) is 0 Å². The number of ether oxygens (including phenoxy) is 1. The van der Waals surface area contributed by atoms with E-state index in [1.165, 1.54) is 11.4 Å². The van der Waals surface area contributed by atoms with E-state index in [-0.39, 0.29) is 10.8 Å². The summed E-state index contributed by atoms with van der Waals surface area (Å²) in [6, 6.07) is 18.9. The zero-order chi connectivity index (χ0) is 22.0. The number of nitrogens with one attached hydrogen (secondary N) is 1. The Hall–Kier alpha value is -2.84. The van der Waals surface area contributed by atoms with Gasteiger partial charge in [0.2, 0.25) is 0 Å². The van der Waals surface area contributed by atoms with Crippen molar-refractivity contribution in [3.63, 3.8) is 0 Å². The van der Waals surface area contributed by atoms with Crippen LogP contribution in [0.4, 0.5) is 11.4 Å². The Morgan fingerprint density at radius 1 is 1.06 bits per heavy atom. The Balaban J connectivity index is 1.60. The molecule has 8 heteroatoms. The minimum atomic E-state index is -3.70. The fourth-order valence-corrected chi connectivity index (χ4v) is 5.54. The highest BCUT2D eigenvalue weighted by Gasteiger charge is 2.29. The van der Waals surface area contributed by atoms with Gasteiger partial charge < -0.3 is 10.1 Å². The summed E-state index contributed by atoms with van der Waals surface area (Å²) in [4.78, 5) is 12.8. The third-order valence-corrected chi connectivity index (χ3v) is 7.47. The van der Waals surface area contributed by atoms with Crippen LogP contribution in [0, 0.1) is 0 Å². The maximum Gasteiger partial charge on any atom is 0.264 e. The number of hydrogen-bond acceptors (Lipinski definition) is 4. The molecule has 0 bridgehead atoms. The van der Waals surface area contributed by atoms with E-state index in [2.05, 4.69) is 21.2 Å². The first-order chi connectivity index (χ1) is 14.9. The minimum Gasteiger partial charge on any atom is -0.497 e. The first-order valence-electron chi connectivity index (χ1n) is 9.75. The van der Waals surface area contributed by atoms with Gasteiger partial charge in [-0.15, -0.1) is 0 Å². The zero-order valence-corrected chi connectivity index (χ0v) is 19.2. The third kappa shape index (κ3) is 4.45.